The number of aliphatic hydroxyl groups excluding tert-OH is 1. The maximum absolute atomic E-state index is 14.8. The highest BCUT2D eigenvalue weighted by molar-refractivity contribution is 6.36. The van der Waals surface area contributed by atoms with E-state index in [4.69, 9.17) is 37.1 Å². The number of aromatic nitrogens is 1. The molecule has 57 heavy (non-hydrogen) atoms. The third-order valence-electron chi connectivity index (χ3n) is 11.9. The molecule has 4 atom stereocenters. The van der Waals surface area contributed by atoms with Crippen LogP contribution in [0.5, 0.6) is 11.8 Å². The van der Waals surface area contributed by atoms with Crippen molar-refractivity contribution in [3.05, 3.63) is 98.0 Å². The van der Waals surface area contributed by atoms with Crippen molar-refractivity contribution in [2.45, 2.75) is 82.0 Å². The highest BCUT2D eigenvalue weighted by Gasteiger charge is 2.43. The number of fused-ring (bicyclic) bond motifs is 3. The number of hydrogen-bond acceptors (Lipinski definition) is 8. The first-order valence-corrected chi connectivity index (χ1v) is 20.1. The number of carbonyl (C=O) groups is 1. The van der Waals surface area contributed by atoms with Crippen LogP contribution in [0.4, 0.5) is 13.2 Å². The molecule has 298 valence electrons. The Morgan fingerprint density at radius 3 is 2.51 bits per heavy atom. The average Bonchev–Trinajstić information content (AvgIpc) is 4.03. The van der Waals surface area contributed by atoms with E-state index in [9.17, 15) is 23.1 Å². The zero-order valence-corrected chi connectivity index (χ0v) is 32.7. The van der Waals surface area contributed by atoms with E-state index in [1.165, 1.54) is 0 Å². The van der Waals surface area contributed by atoms with Crippen molar-refractivity contribution < 1.29 is 37.0 Å². The number of aliphatic hydroxyl groups is 1. The van der Waals surface area contributed by atoms with Gasteiger partial charge < -0.3 is 29.6 Å². The minimum absolute atomic E-state index is 0.0637. The molecular formula is C43H41Cl2F3N4O5. The molecule has 3 aromatic carbocycles. The molecule has 9 rings (SSSR count). The molecule has 14 heteroatoms. The maximum Gasteiger partial charge on any atom is 0.420 e. The quantitative estimate of drug-likeness (QED) is 0.128. The number of likely N-dealkylation sites (tertiary alicyclic amines) is 1. The van der Waals surface area contributed by atoms with E-state index in [2.05, 4.69) is 20.5 Å². The number of alkyl halides is 3. The molecule has 3 N–H and O–H groups in total. The van der Waals surface area contributed by atoms with Crippen LogP contribution in [0.2, 0.25) is 10.0 Å². The van der Waals surface area contributed by atoms with Crippen LogP contribution in [-0.4, -0.2) is 59.8 Å². The molecule has 2 aliphatic carbocycles. The number of halogens is 5. The van der Waals surface area contributed by atoms with Gasteiger partial charge in [0.25, 0.3) is 0 Å². The smallest absolute Gasteiger partial charge is 0.420 e. The van der Waals surface area contributed by atoms with Crippen LogP contribution in [0.1, 0.15) is 77.6 Å². The second-order valence-electron chi connectivity index (χ2n) is 15.4. The number of methoxy groups -OCH3 is 1. The first-order chi connectivity index (χ1) is 27.5. The highest BCUT2D eigenvalue weighted by atomic mass is 35.5. The van der Waals surface area contributed by atoms with Gasteiger partial charge in [0.1, 0.15) is 28.0 Å². The van der Waals surface area contributed by atoms with Crippen LogP contribution in [-0.2, 0) is 30.4 Å². The Bertz CT molecular complexity index is 2390. The molecule has 2 saturated heterocycles. The zero-order chi connectivity index (χ0) is 39.6. The summed E-state index contributed by atoms with van der Waals surface area (Å²) in [5.74, 6) is 0.957. The zero-order valence-electron chi connectivity index (χ0n) is 31.1. The summed E-state index contributed by atoms with van der Waals surface area (Å²) in [7, 11) is 1.54. The summed E-state index contributed by atoms with van der Waals surface area (Å²) in [6, 6.07) is 16.6. The first-order valence-electron chi connectivity index (χ1n) is 19.4. The second-order valence-corrected chi connectivity index (χ2v) is 16.2. The van der Waals surface area contributed by atoms with Crippen molar-refractivity contribution in [3.8, 4) is 34.2 Å². The highest BCUT2D eigenvalue weighted by Crippen LogP contribution is 2.50. The topological polar surface area (TPSA) is 109 Å². The van der Waals surface area contributed by atoms with Crippen molar-refractivity contribution >= 4 is 40.1 Å². The van der Waals surface area contributed by atoms with E-state index >= 15 is 0 Å². The summed E-state index contributed by atoms with van der Waals surface area (Å²) in [4.78, 5) is 18.3. The molecule has 1 amide bonds. The molecule has 0 saturated carbocycles. The Labute approximate surface area is 337 Å². The summed E-state index contributed by atoms with van der Waals surface area (Å²) in [6.07, 6.45) is -1.30. The van der Waals surface area contributed by atoms with Crippen LogP contribution in [0.25, 0.3) is 33.4 Å². The summed E-state index contributed by atoms with van der Waals surface area (Å²) < 4.78 is 62.6. The van der Waals surface area contributed by atoms with Gasteiger partial charge in [0.2, 0.25) is 17.7 Å². The lowest BCUT2D eigenvalue weighted by atomic mass is 9.95. The summed E-state index contributed by atoms with van der Waals surface area (Å²) >= 11 is 13.9. The van der Waals surface area contributed by atoms with E-state index in [0.29, 0.717) is 90.7 Å². The van der Waals surface area contributed by atoms with Gasteiger partial charge >= 0.3 is 6.18 Å². The van der Waals surface area contributed by atoms with Crippen molar-refractivity contribution in [3.63, 3.8) is 0 Å². The van der Waals surface area contributed by atoms with Crippen molar-refractivity contribution in [1.29, 1.82) is 0 Å². The third-order valence-corrected chi connectivity index (χ3v) is 12.6. The van der Waals surface area contributed by atoms with Gasteiger partial charge in [-0.1, -0.05) is 53.5 Å². The van der Waals surface area contributed by atoms with Gasteiger partial charge in [-0.05, 0) is 90.6 Å². The van der Waals surface area contributed by atoms with E-state index < -0.39 is 17.8 Å². The number of amides is 1. The largest absolute Gasteiger partial charge is 0.481 e. The minimum atomic E-state index is -4.62. The van der Waals surface area contributed by atoms with Gasteiger partial charge in [0.15, 0.2) is 0 Å². The number of furan rings is 1. The maximum atomic E-state index is 14.8. The molecule has 0 unspecified atom stereocenters. The van der Waals surface area contributed by atoms with Crippen LogP contribution < -0.4 is 20.1 Å². The molecule has 0 spiro atoms. The van der Waals surface area contributed by atoms with Crippen LogP contribution in [0, 0.1) is 0 Å². The van der Waals surface area contributed by atoms with E-state index in [1.54, 1.807) is 25.3 Å². The Morgan fingerprint density at radius 1 is 0.965 bits per heavy atom. The van der Waals surface area contributed by atoms with Crippen LogP contribution >= 0.6 is 23.2 Å². The molecule has 5 aromatic rings. The number of ether oxygens (including phenoxy) is 2. The van der Waals surface area contributed by atoms with Crippen LogP contribution in [0.3, 0.4) is 0 Å². The minimum Gasteiger partial charge on any atom is -0.481 e. The molecule has 4 aliphatic rings. The predicted molar refractivity (Wildman–Crippen MR) is 211 cm³/mol. The fraction of sp³-hybridized carbons (Fsp3) is 0.395. The van der Waals surface area contributed by atoms with E-state index in [0.717, 1.165) is 34.2 Å². The summed E-state index contributed by atoms with van der Waals surface area (Å²) in [6.45, 7) is 2.16. The number of rotatable bonds is 10. The molecule has 9 nitrogen and oxygen atoms in total. The van der Waals surface area contributed by atoms with Crippen molar-refractivity contribution in [1.82, 2.24) is 20.5 Å². The normalized spacial score (nSPS) is 22.0. The van der Waals surface area contributed by atoms with Gasteiger partial charge in [-0.2, -0.15) is 18.2 Å². The fourth-order valence-corrected chi connectivity index (χ4v) is 9.80. The molecule has 2 aromatic heterocycles. The Balaban J connectivity index is 0.990. The Kier molecular flexibility index (Phi) is 10.1. The summed E-state index contributed by atoms with van der Waals surface area (Å²) in [5.41, 5.74) is 4.89. The number of nitrogens with one attached hydrogen (secondary N) is 2. The first kappa shape index (κ1) is 38.2. The van der Waals surface area contributed by atoms with Crippen LogP contribution in [0.15, 0.2) is 59.0 Å². The molecule has 0 radical (unpaired) electrons. The van der Waals surface area contributed by atoms with Crippen molar-refractivity contribution in [2.75, 3.05) is 26.7 Å². The SMILES string of the molecule is COc1nc(O[C@H]2CCc3c(-c4cccc(-c5cc6cc7c(c(C(F)(F)F)c6o5)CC[C@H]7N5CC[C@@H](O)C5)c4Cl)cccc32)c(Cl)cc1CNC[C@H]1CCC(=O)N1. The number of carbonyl (C=O) groups excluding carboxylic acids is 1. The lowest BCUT2D eigenvalue weighted by Gasteiger charge is -2.24. The summed E-state index contributed by atoms with van der Waals surface area (Å²) in [5, 5.41) is 17.5. The Morgan fingerprint density at radius 2 is 1.75 bits per heavy atom. The molecule has 4 heterocycles. The third kappa shape index (κ3) is 7.13. The number of benzene rings is 3. The molecular weight excluding hydrogens is 780 g/mol. The van der Waals surface area contributed by atoms with E-state index in [1.807, 2.05) is 36.4 Å². The van der Waals surface area contributed by atoms with E-state index in [-0.39, 0.29) is 53.3 Å². The van der Waals surface area contributed by atoms with Gasteiger partial charge in [0.05, 0.1) is 18.2 Å². The number of pyridine rings is 1. The molecule has 2 fully saturated rings. The standard InChI is InChI=1S/C43H41Cl2F3N4O5/c1-55-41-23(19-49-20-24-8-13-37(54)50-24)17-33(44)42(51-41)57-35-12-10-27-26(4-2-5-28(27)35)30-6-3-7-31(39(30)45)36-18-22-16-32-29(38(40(22)56-36)43(46,47)48)9-11-34(32)52-15-14-25(53)21-52/h2-7,16-18,24-25,34-35,49,53H,8-15,19-21H2,1H3,(H,50,54)/t24-,25-,34-,35+/m1/s1. The fourth-order valence-electron chi connectivity index (χ4n) is 9.26. The molecule has 0 bridgehead atoms. The lowest BCUT2D eigenvalue weighted by molar-refractivity contribution is -0.137. The molecule has 2 aliphatic heterocycles. The second kappa shape index (κ2) is 15.1. The van der Waals surface area contributed by atoms with Gasteiger partial charge in [-0.3, -0.25) is 9.69 Å². The average molecular weight is 822 g/mol. The number of β-amino-alcohol motifs (C(OH)–C–C–N with tert-alkyl or cyclic N) is 1. The lowest BCUT2D eigenvalue weighted by Crippen LogP contribution is -2.35. The van der Waals surface area contributed by atoms with Crippen molar-refractivity contribution in [2.24, 2.45) is 0 Å². The predicted octanol–water partition coefficient (Wildman–Crippen LogP) is 8.98. The number of hydrogen-bond donors (Lipinski definition) is 3. The monoisotopic (exact) mass is 820 g/mol. The van der Waals surface area contributed by atoms with Gasteiger partial charge in [-0.15, -0.1) is 0 Å². The van der Waals surface area contributed by atoms with Gasteiger partial charge in [0, 0.05) is 66.8 Å². The van der Waals surface area contributed by atoms with Gasteiger partial charge in [-0.25, -0.2) is 0 Å². The number of nitrogens with zero attached hydrogens (tertiary/aromatic N) is 2. The Hall–Kier alpha value is -4.33.